The third-order valence-corrected chi connectivity index (χ3v) is 6.35. The first-order chi connectivity index (χ1) is 10.7. The zero-order valence-electron chi connectivity index (χ0n) is 12.6. The largest absolute Gasteiger partial charge is 0.416 e. The van der Waals surface area contributed by atoms with Crippen molar-refractivity contribution >= 4 is 9.84 Å². The lowest BCUT2D eigenvalue weighted by atomic mass is 9.98. The van der Waals surface area contributed by atoms with Crippen LogP contribution >= 0.6 is 0 Å². The average molecular weight is 347 g/mol. The average Bonchev–Trinajstić information content (AvgIpc) is 3.30. The van der Waals surface area contributed by atoms with Crippen molar-refractivity contribution in [1.29, 1.82) is 0 Å². The number of nitrogens with one attached hydrogen (secondary N) is 1. The molecule has 128 valence electrons. The monoisotopic (exact) mass is 347 g/mol. The molecule has 0 spiro atoms. The molecule has 23 heavy (non-hydrogen) atoms. The first-order valence-corrected chi connectivity index (χ1v) is 9.70. The predicted octanol–water partition coefficient (Wildman–Crippen LogP) is 3.32. The van der Waals surface area contributed by atoms with E-state index in [0.717, 1.165) is 18.9 Å². The van der Waals surface area contributed by atoms with E-state index < -0.39 is 21.6 Å². The van der Waals surface area contributed by atoms with Gasteiger partial charge in [-0.25, -0.2) is 8.42 Å². The summed E-state index contributed by atoms with van der Waals surface area (Å²) in [6.45, 7) is 0. The van der Waals surface area contributed by atoms with E-state index in [-0.39, 0.29) is 23.6 Å². The Balaban J connectivity index is 1.75. The van der Waals surface area contributed by atoms with Crippen molar-refractivity contribution in [3.63, 3.8) is 0 Å². The summed E-state index contributed by atoms with van der Waals surface area (Å²) < 4.78 is 61.7. The van der Waals surface area contributed by atoms with Crippen LogP contribution in [0.25, 0.3) is 0 Å². The van der Waals surface area contributed by atoms with Crippen molar-refractivity contribution in [2.45, 2.75) is 43.9 Å². The van der Waals surface area contributed by atoms with Gasteiger partial charge in [0.25, 0.3) is 0 Å². The van der Waals surface area contributed by atoms with E-state index in [2.05, 4.69) is 5.32 Å². The molecular weight excluding hydrogens is 327 g/mol. The van der Waals surface area contributed by atoms with E-state index in [1.165, 1.54) is 12.1 Å². The number of rotatable bonds is 4. The Morgan fingerprint density at radius 3 is 2.30 bits per heavy atom. The lowest BCUT2D eigenvalue weighted by molar-refractivity contribution is -0.137. The van der Waals surface area contributed by atoms with Gasteiger partial charge in [0.1, 0.15) is 9.84 Å². The molecule has 1 aliphatic carbocycles. The SMILES string of the molecule is O=S1(=O)CCC(N[C@H](c2cccc(C(F)(F)F)c2)C2CC2)CC1. The van der Waals surface area contributed by atoms with Crippen molar-refractivity contribution in [2.75, 3.05) is 11.5 Å². The first-order valence-electron chi connectivity index (χ1n) is 7.88. The van der Waals surface area contributed by atoms with Gasteiger partial charge < -0.3 is 5.32 Å². The number of alkyl halides is 3. The molecule has 1 N–H and O–H groups in total. The van der Waals surface area contributed by atoms with Crippen LogP contribution in [-0.4, -0.2) is 26.0 Å². The minimum absolute atomic E-state index is 0.0543. The summed E-state index contributed by atoms with van der Waals surface area (Å²) in [5.74, 6) is 0.659. The van der Waals surface area contributed by atoms with Crippen molar-refractivity contribution in [2.24, 2.45) is 5.92 Å². The first kappa shape index (κ1) is 16.8. The summed E-state index contributed by atoms with van der Waals surface area (Å²) in [6, 6.07) is 5.41. The summed E-state index contributed by atoms with van der Waals surface area (Å²) in [7, 11) is -2.94. The molecule has 0 bridgehead atoms. The highest BCUT2D eigenvalue weighted by Crippen LogP contribution is 2.42. The van der Waals surface area contributed by atoms with Gasteiger partial charge in [-0.3, -0.25) is 0 Å². The van der Waals surface area contributed by atoms with Gasteiger partial charge in [0.15, 0.2) is 0 Å². The molecular formula is C16H20F3NO2S. The second-order valence-corrected chi connectivity index (χ2v) is 8.83. The Bertz CT molecular complexity index is 654. The Kier molecular flexibility index (Phi) is 4.44. The van der Waals surface area contributed by atoms with E-state index >= 15 is 0 Å². The normalized spacial score (nSPS) is 23.6. The molecule has 1 aromatic carbocycles. The van der Waals surface area contributed by atoms with Gasteiger partial charge in [-0.2, -0.15) is 13.2 Å². The Morgan fingerprint density at radius 2 is 1.74 bits per heavy atom. The fourth-order valence-corrected chi connectivity index (χ4v) is 4.64. The highest BCUT2D eigenvalue weighted by atomic mass is 32.2. The van der Waals surface area contributed by atoms with Crippen LogP contribution in [0.1, 0.15) is 42.9 Å². The van der Waals surface area contributed by atoms with Gasteiger partial charge in [0, 0.05) is 12.1 Å². The Morgan fingerprint density at radius 1 is 1.09 bits per heavy atom. The maximum atomic E-state index is 12.9. The molecule has 3 rings (SSSR count). The van der Waals surface area contributed by atoms with E-state index in [1.807, 2.05) is 0 Å². The lowest BCUT2D eigenvalue weighted by Gasteiger charge is -2.29. The zero-order chi connectivity index (χ0) is 16.7. The number of hydrogen-bond acceptors (Lipinski definition) is 3. The minimum atomic E-state index is -4.34. The summed E-state index contributed by atoms with van der Waals surface area (Å²) in [5, 5.41) is 3.42. The molecule has 1 aliphatic heterocycles. The van der Waals surface area contributed by atoms with Crippen LogP contribution in [0.15, 0.2) is 24.3 Å². The predicted molar refractivity (Wildman–Crippen MR) is 81.7 cm³/mol. The lowest BCUT2D eigenvalue weighted by Crippen LogP contribution is -2.40. The third-order valence-electron chi connectivity index (χ3n) is 4.64. The quantitative estimate of drug-likeness (QED) is 0.909. The Labute approximate surface area is 134 Å². The molecule has 0 amide bonds. The zero-order valence-corrected chi connectivity index (χ0v) is 13.5. The van der Waals surface area contributed by atoms with Gasteiger partial charge >= 0.3 is 6.18 Å². The number of hydrogen-bond donors (Lipinski definition) is 1. The Hall–Kier alpha value is -1.08. The van der Waals surface area contributed by atoms with Crippen molar-refractivity contribution < 1.29 is 21.6 Å². The number of sulfone groups is 1. The number of benzene rings is 1. The van der Waals surface area contributed by atoms with Crippen molar-refractivity contribution in [3.8, 4) is 0 Å². The second-order valence-electron chi connectivity index (χ2n) is 6.53. The summed E-state index contributed by atoms with van der Waals surface area (Å²) >= 11 is 0. The molecule has 0 unspecified atom stereocenters. The summed E-state index contributed by atoms with van der Waals surface area (Å²) in [6.07, 6.45) is -1.28. The molecule has 7 heteroatoms. The standard InChI is InChI=1S/C16H20F3NO2S/c17-16(18,19)13-3-1-2-12(10-13)15(11-4-5-11)20-14-6-8-23(21,22)9-7-14/h1-3,10-11,14-15,20H,4-9H2/t15-/m0/s1. The smallest absolute Gasteiger partial charge is 0.307 e. The second kappa shape index (κ2) is 6.09. The van der Waals surface area contributed by atoms with Crippen LogP contribution in [0.5, 0.6) is 0 Å². The van der Waals surface area contributed by atoms with Gasteiger partial charge in [0.05, 0.1) is 17.1 Å². The topological polar surface area (TPSA) is 46.2 Å². The molecule has 1 heterocycles. The van der Waals surface area contributed by atoms with E-state index in [9.17, 15) is 21.6 Å². The molecule has 1 saturated heterocycles. The molecule has 2 aliphatic rings. The highest BCUT2D eigenvalue weighted by Gasteiger charge is 2.37. The number of halogens is 3. The van der Waals surface area contributed by atoms with E-state index in [1.54, 1.807) is 6.07 Å². The molecule has 3 nitrogen and oxygen atoms in total. The van der Waals surface area contributed by atoms with Gasteiger partial charge in [0.2, 0.25) is 0 Å². The van der Waals surface area contributed by atoms with Crippen molar-refractivity contribution in [3.05, 3.63) is 35.4 Å². The fourth-order valence-electron chi connectivity index (χ4n) is 3.15. The molecule has 0 radical (unpaired) electrons. The van der Waals surface area contributed by atoms with E-state index in [0.29, 0.717) is 24.3 Å². The maximum absolute atomic E-state index is 12.9. The minimum Gasteiger partial charge on any atom is -0.307 e. The summed E-state index contributed by atoms with van der Waals surface area (Å²) in [5.41, 5.74) is 0.0180. The maximum Gasteiger partial charge on any atom is 0.416 e. The van der Waals surface area contributed by atoms with Crippen LogP contribution in [-0.2, 0) is 16.0 Å². The van der Waals surface area contributed by atoms with Crippen molar-refractivity contribution in [1.82, 2.24) is 5.32 Å². The molecule has 1 saturated carbocycles. The summed E-state index contributed by atoms with van der Waals surface area (Å²) in [4.78, 5) is 0. The van der Waals surface area contributed by atoms with Gasteiger partial charge in [-0.1, -0.05) is 12.1 Å². The van der Waals surface area contributed by atoms with Crippen LogP contribution in [0, 0.1) is 5.92 Å². The molecule has 2 fully saturated rings. The van der Waals surface area contributed by atoms with Gasteiger partial charge in [-0.05, 0) is 49.3 Å². The van der Waals surface area contributed by atoms with Gasteiger partial charge in [-0.15, -0.1) is 0 Å². The van der Waals surface area contributed by atoms with E-state index in [4.69, 9.17) is 0 Å². The highest BCUT2D eigenvalue weighted by molar-refractivity contribution is 7.91. The molecule has 1 aromatic rings. The van der Waals surface area contributed by atoms with Crippen LogP contribution < -0.4 is 5.32 Å². The van der Waals surface area contributed by atoms with Crippen LogP contribution in [0.3, 0.4) is 0 Å². The fraction of sp³-hybridized carbons (Fsp3) is 0.625. The molecule has 1 atom stereocenters. The molecule has 0 aromatic heterocycles. The van der Waals surface area contributed by atoms with Crippen LogP contribution in [0.4, 0.5) is 13.2 Å². The van der Waals surface area contributed by atoms with Crippen LogP contribution in [0.2, 0.25) is 0 Å². The third kappa shape index (κ3) is 4.26.